The predicted molar refractivity (Wildman–Crippen MR) is 114 cm³/mol. The maximum absolute atomic E-state index is 12.4. The molecule has 3 aromatic rings. The molecule has 0 radical (unpaired) electrons. The van der Waals surface area contributed by atoms with Crippen molar-refractivity contribution in [3.63, 3.8) is 0 Å². The SMILES string of the molecule is COc1ccc(Nc2ccc3c(=O)[nH]c(CSC4CCOCC4)nc3c2)cc1. The lowest BCUT2D eigenvalue weighted by molar-refractivity contribution is 0.1000. The molecule has 1 fully saturated rings. The van der Waals surface area contributed by atoms with Crippen LogP contribution in [0.2, 0.25) is 0 Å². The summed E-state index contributed by atoms with van der Waals surface area (Å²) in [4.78, 5) is 20.0. The molecule has 146 valence electrons. The Morgan fingerprint density at radius 2 is 1.93 bits per heavy atom. The van der Waals surface area contributed by atoms with E-state index >= 15 is 0 Å². The van der Waals surface area contributed by atoms with Crippen molar-refractivity contribution in [3.05, 3.63) is 58.6 Å². The third-order valence-electron chi connectivity index (χ3n) is 4.76. The quantitative estimate of drug-likeness (QED) is 0.653. The number of nitrogens with zero attached hydrogens (tertiary/aromatic N) is 1. The predicted octanol–water partition coefficient (Wildman–Crippen LogP) is 4.09. The minimum absolute atomic E-state index is 0.0939. The minimum atomic E-state index is -0.0939. The number of anilines is 2. The Morgan fingerprint density at radius 1 is 1.18 bits per heavy atom. The van der Waals surface area contributed by atoms with E-state index in [1.54, 1.807) is 7.11 Å². The van der Waals surface area contributed by atoms with E-state index in [1.807, 2.05) is 54.2 Å². The van der Waals surface area contributed by atoms with Gasteiger partial charge in [0.1, 0.15) is 11.6 Å². The Morgan fingerprint density at radius 3 is 2.68 bits per heavy atom. The van der Waals surface area contributed by atoms with Crippen molar-refractivity contribution in [1.82, 2.24) is 9.97 Å². The largest absolute Gasteiger partial charge is 0.497 e. The highest BCUT2D eigenvalue weighted by atomic mass is 32.2. The standard InChI is InChI=1S/C21H23N3O3S/c1-26-16-5-2-14(3-6-16)22-15-4-7-18-19(12-15)23-20(24-21(18)25)13-28-17-8-10-27-11-9-17/h2-7,12,17,22H,8-11,13H2,1H3,(H,23,24,25). The summed E-state index contributed by atoms with van der Waals surface area (Å²) < 4.78 is 10.6. The monoisotopic (exact) mass is 397 g/mol. The number of nitrogens with one attached hydrogen (secondary N) is 2. The number of fused-ring (bicyclic) bond motifs is 1. The summed E-state index contributed by atoms with van der Waals surface area (Å²) in [6.45, 7) is 1.64. The Bertz CT molecular complexity index is 998. The van der Waals surface area contributed by atoms with E-state index in [9.17, 15) is 4.79 Å². The van der Waals surface area contributed by atoms with E-state index < -0.39 is 0 Å². The lowest BCUT2D eigenvalue weighted by Crippen LogP contribution is -2.18. The molecular formula is C21H23N3O3S. The summed E-state index contributed by atoms with van der Waals surface area (Å²) in [6, 6.07) is 13.3. The second-order valence-corrected chi connectivity index (χ2v) is 8.01. The molecule has 0 aliphatic carbocycles. The fraction of sp³-hybridized carbons (Fsp3) is 0.333. The molecule has 0 bridgehead atoms. The van der Waals surface area contributed by atoms with Gasteiger partial charge in [-0.1, -0.05) is 0 Å². The second-order valence-electron chi connectivity index (χ2n) is 6.72. The highest BCUT2D eigenvalue weighted by Crippen LogP contribution is 2.25. The van der Waals surface area contributed by atoms with Gasteiger partial charge < -0.3 is 19.8 Å². The molecule has 6 nitrogen and oxygen atoms in total. The first-order chi connectivity index (χ1) is 13.7. The third kappa shape index (κ3) is 4.48. The number of ether oxygens (including phenoxy) is 2. The van der Waals surface area contributed by atoms with Gasteiger partial charge in [-0.25, -0.2) is 4.98 Å². The summed E-state index contributed by atoms with van der Waals surface area (Å²) in [5, 5.41) is 4.51. The molecule has 1 saturated heterocycles. The van der Waals surface area contributed by atoms with Crippen molar-refractivity contribution >= 4 is 34.0 Å². The molecule has 0 spiro atoms. The Kier molecular flexibility index (Phi) is 5.83. The van der Waals surface area contributed by atoms with Crippen LogP contribution in [0.5, 0.6) is 5.75 Å². The number of benzene rings is 2. The molecule has 1 aliphatic heterocycles. The van der Waals surface area contributed by atoms with Crippen LogP contribution < -0.4 is 15.6 Å². The first kappa shape index (κ1) is 18.8. The summed E-state index contributed by atoms with van der Waals surface area (Å²) in [6.07, 6.45) is 2.11. The summed E-state index contributed by atoms with van der Waals surface area (Å²) in [5.74, 6) is 2.23. The third-order valence-corrected chi connectivity index (χ3v) is 6.14. The van der Waals surface area contributed by atoms with Crippen molar-refractivity contribution in [1.29, 1.82) is 0 Å². The van der Waals surface area contributed by atoms with Crippen molar-refractivity contribution in [2.75, 3.05) is 25.6 Å². The molecule has 2 aromatic carbocycles. The van der Waals surface area contributed by atoms with Crippen LogP contribution in [0.15, 0.2) is 47.3 Å². The minimum Gasteiger partial charge on any atom is -0.497 e. The van der Waals surface area contributed by atoms with Crippen molar-refractivity contribution in [3.8, 4) is 5.75 Å². The molecule has 0 unspecified atom stereocenters. The van der Waals surface area contributed by atoms with Crippen molar-refractivity contribution in [2.45, 2.75) is 23.8 Å². The molecule has 1 aliphatic rings. The van der Waals surface area contributed by atoms with E-state index in [0.29, 0.717) is 21.9 Å². The highest BCUT2D eigenvalue weighted by molar-refractivity contribution is 7.99. The number of hydrogen-bond donors (Lipinski definition) is 2. The fourth-order valence-electron chi connectivity index (χ4n) is 3.21. The summed E-state index contributed by atoms with van der Waals surface area (Å²) in [5.41, 5.74) is 2.44. The molecule has 7 heteroatoms. The van der Waals surface area contributed by atoms with Gasteiger partial charge in [0.05, 0.1) is 23.8 Å². The van der Waals surface area contributed by atoms with Gasteiger partial charge in [0.2, 0.25) is 0 Å². The van der Waals surface area contributed by atoms with Crippen LogP contribution in [0.25, 0.3) is 10.9 Å². The molecule has 28 heavy (non-hydrogen) atoms. The summed E-state index contributed by atoms with van der Waals surface area (Å²) >= 11 is 1.84. The Balaban J connectivity index is 1.52. The van der Waals surface area contributed by atoms with Crippen LogP contribution in [-0.2, 0) is 10.5 Å². The first-order valence-electron chi connectivity index (χ1n) is 9.34. The lowest BCUT2D eigenvalue weighted by Gasteiger charge is -2.21. The number of hydrogen-bond acceptors (Lipinski definition) is 6. The number of H-pyrrole nitrogens is 1. The zero-order valence-electron chi connectivity index (χ0n) is 15.7. The molecule has 1 aromatic heterocycles. The van der Waals surface area contributed by atoms with Crippen LogP contribution >= 0.6 is 11.8 Å². The Hall–Kier alpha value is -2.51. The normalized spacial score (nSPS) is 14.9. The van der Waals surface area contributed by atoms with Crippen molar-refractivity contribution < 1.29 is 9.47 Å². The van der Waals surface area contributed by atoms with E-state index in [0.717, 1.165) is 49.0 Å². The van der Waals surface area contributed by atoms with Gasteiger partial charge in [-0.15, -0.1) is 0 Å². The van der Waals surface area contributed by atoms with Crippen LogP contribution in [0.4, 0.5) is 11.4 Å². The van der Waals surface area contributed by atoms with Crippen LogP contribution in [0.1, 0.15) is 18.7 Å². The van der Waals surface area contributed by atoms with Gasteiger partial charge in [0.25, 0.3) is 5.56 Å². The summed E-state index contributed by atoms with van der Waals surface area (Å²) in [7, 11) is 1.65. The van der Waals surface area contributed by atoms with Gasteiger partial charge >= 0.3 is 0 Å². The average Bonchev–Trinajstić information content (AvgIpc) is 2.73. The van der Waals surface area contributed by atoms with Crippen LogP contribution in [0.3, 0.4) is 0 Å². The number of methoxy groups -OCH3 is 1. The van der Waals surface area contributed by atoms with Gasteiger partial charge in [-0.3, -0.25) is 4.79 Å². The van der Waals surface area contributed by atoms with Gasteiger partial charge in [-0.2, -0.15) is 11.8 Å². The molecule has 0 saturated carbocycles. The number of aromatic amines is 1. The fourth-order valence-corrected chi connectivity index (χ4v) is 4.27. The number of aromatic nitrogens is 2. The van der Waals surface area contributed by atoms with Gasteiger partial charge in [0.15, 0.2) is 0 Å². The zero-order chi connectivity index (χ0) is 19.3. The van der Waals surface area contributed by atoms with E-state index in [1.165, 1.54) is 0 Å². The van der Waals surface area contributed by atoms with Crippen LogP contribution in [0, 0.1) is 0 Å². The smallest absolute Gasteiger partial charge is 0.258 e. The second kappa shape index (κ2) is 8.67. The highest BCUT2D eigenvalue weighted by Gasteiger charge is 2.15. The Labute approximate surface area is 167 Å². The molecule has 0 amide bonds. The van der Waals surface area contributed by atoms with E-state index in [2.05, 4.69) is 15.3 Å². The molecule has 4 rings (SSSR count). The molecular weight excluding hydrogens is 374 g/mol. The van der Waals surface area contributed by atoms with Crippen LogP contribution in [-0.4, -0.2) is 35.5 Å². The van der Waals surface area contributed by atoms with E-state index in [-0.39, 0.29) is 5.56 Å². The molecule has 2 heterocycles. The average molecular weight is 398 g/mol. The maximum atomic E-state index is 12.4. The van der Waals surface area contributed by atoms with Gasteiger partial charge in [-0.05, 0) is 55.3 Å². The molecule has 2 N–H and O–H groups in total. The first-order valence-corrected chi connectivity index (χ1v) is 10.4. The zero-order valence-corrected chi connectivity index (χ0v) is 16.6. The maximum Gasteiger partial charge on any atom is 0.258 e. The number of thioether (sulfide) groups is 1. The molecule has 0 atom stereocenters. The number of rotatable bonds is 6. The van der Waals surface area contributed by atoms with Gasteiger partial charge in [0, 0.05) is 29.8 Å². The van der Waals surface area contributed by atoms with Crippen molar-refractivity contribution in [2.24, 2.45) is 0 Å². The lowest BCUT2D eigenvalue weighted by atomic mass is 10.2. The van der Waals surface area contributed by atoms with E-state index in [4.69, 9.17) is 9.47 Å². The topological polar surface area (TPSA) is 76.2 Å².